The van der Waals surface area contributed by atoms with E-state index in [0.29, 0.717) is 29.7 Å². The van der Waals surface area contributed by atoms with Gasteiger partial charge in [0.1, 0.15) is 11.6 Å². The number of ether oxygens (including phenoxy) is 2. The van der Waals surface area contributed by atoms with Crippen molar-refractivity contribution in [2.45, 2.75) is 0 Å². The predicted molar refractivity (Wildman–Crippen MR) is 128 cm³/mol. The molecule has 0 unspecified atom stereocenters. The number of carbonyl (C=O) groups excluding carboxylic acids is 1. The number of nitrogens with zero attached hydrogens (tertiary/aromatic N) is 3. The van der Waals surface area contributed by atoms with E-state index in [-0.39, 0.29) is 0 Å². The Bertz CT molecular complexity index is 1070. The lowest BCUT2D eigenvalue weighted by atomic mass is 10.0. The van der Waals surface area contributed by atoms with Crippen LogP contribution in [-0.4, -0.2) is 51.5 Å². The summed E-state index contributed by atoms with van der Waals surface area (Å²) in [6, 6.07) is 16.8. The Morgan fingerprint density at radius 3 is 2.50 bits per heavy atom. The van der Waals surface area contributed by atoms with Gasteiger partial charge in [-0.1, -0.05) is 23.7 Å². The number of morpholine rings is 1. The number of amides is 1. The van der Waals surface area contributed by atoms with Crippen LogP contribution in [0.25, 0.3) is 11.1 Å². The molecule has 0 spiro atoms. The molecule has 1 aliphatic heterocycles. The van der Waals surface area contributed by atoms with Crippen LogP contribution in [0.2, 0.25) is 5.02 Å². The van der Waals surface area contributed by atoms with Gasteiger partial charge in [-0.05, 0) is 48.0 Å². The van der Waals surface area contributed by atoms with Crippen molar-refractivity contribution in [2.24, 2.45) is 0 Å². The second kappa shape index (κ2) is 9.89. The Labute approximate surface area is 192 Å². The summed E-state index contributed by atoms with van der Waals surface area (Å²) in [5, 5.41) is 3.29. The molecule has 1 aliphatic rings. The monoisotopic (exact) mass is 452 g/mol. The highest BCUT2D eigenvalue weighted by atomic mass is 35.5. The molecule has 166 valence electrons. The average molecular weight is 453 g/mol. The van der Waals surface area contributed by atoms with Gasteiger partial charge >= 0.3 is 6.09 Å². The quantitative estimate of drug-likeness (QED) is 0.593. The Morgan fingerprint density at radius 1 is 1.09 bits per heavy atom. The Balaban J connectivity index is 1.41. The zero-order chi connectivity index (χ0) is 22.5. The average Bonchev–Trinajstić information content (AvgIpc) is 2.81. The lowest BCUT2D eigenvalue weighted by molar-refractivity contribution is 0.122. The summed E-state index contributed by atoms with van der Waals surface area (Å²) in [5.74, 6) is 1.26. The molecule has 1 saturated heterocycles. The van der Waals surface area contributed by atoms with E-state index in [0.717, 1.165) is 35.7 Å². The van der Waals surface area contributed by atoms with Crippen LogP contribution >= 0.6 is 11.6 Å². The minimum Gasteiger partial charge on any atom is -0.410 e. The first-order valence-electron chi connectivity index (χ1n) is 10.3. The van der Waals surface area contributed by atoms with Crippen LogP contribution in [0.15, 0.2) is 60.8 Å². The minimum absolute atomic E-state index is 0.400. The lowest BCUT2D eigenvalue weighted by Crippen LogP contribution is -2.36. The second-order valence-electron chi connectivity index (χ2n) is 7.60. The van der Waals surface area contributed by atoms with Gasteiger partial charge in [-0.25, -0.2) is 9.78 Å². The van der Waals surface area contributed by atoms with E-state index in [4.69, 9.17) is 21.1 Å². The molecule has 0 atom stereocenters. The van der Waals surface area contributed by atoms with Crippen molar-refractivity contribution in [1.82, 2.24) is 4.98 Å². The van der Waals surface area contributed by atoms with Crippen molar-refractivity contribution in [3.63, 3.8) is 0 Å². The number of pyridine rings is 1. The molecule has 1 amide bonds. The van der Waals surface area contributed by atoms with E-state index in [2.05, 4.69) is 15.2 Å². The number of benzene rings is 2. The lowest BCUT2D eigenvalue weighted by Gasteiger charge is -2.27. The molecule has 8 heteroatoms. The first-order valence-corrected chi connectivity index (χ1v) is 10.7. The van der Waals surface area contributed by atoms with Gasteiger partial charge in [0.2, 0.25) is 0 Å². The topological polar surface area (TPSA) is 66.9 Å². The van der Waals surface area contributed by atoms with Gasteiger partial charge in [-0.2, -0.15) is 0 Å². The maximum absolute atomic E-state index is 12.4. The number of nitrogens with one attached hydrogen (secondary N) is 1. The number of carbonyl (C=O) groups is 1. The van der Waals surface area contributed by atoms with E-state index in [1.807, 2.05) is 49.3 Å². The summed E-state index contributed by atoms with van der Waals surface area (Å²) >= 11 is 6.39. The summed E-state index contributed by atoms with van der Waals surface area (Å²) < 4.78 is 10.8. The number of anilines is 3. The Kier molecular flexibility index (Phi) is 6.78. The van der Waals surface area contributed by atoms with Gasteiger partial charge in [-0.15, -0.1) is 0 Å². The third-order valence-corrected chi connectivity index (χ3v) is 5.50. The summed E-state index contributed by atoms with van der Waals surface area (Å²) in [5.41, 5.74) is 3.37. The van der Waals surface area contributed by atoms with Gasteiger partial charge in [-0.3, -0.25) is 5.32 Å². The highest BCUT2D eigenvalue weighted by molar-refractivity contribution is 6.33. The standard InChI is InChI=1S/C24H25ClN4O3/c1-28(2)19-6-3-17(4-7-19)21-15-20(8-9-22(21)25)32-24(30)27-18-5-10-23(26-16-18)29-11-13-31-14-12-29/h3-10,15-16H,11-14H2,1-2H3,(H,27,30). The first-order chi connectivity index (χ1) is 15.5. The van der Waals surface area contributed by atoms with Crippen molar-refractivity contribution in [2.75, 3.05) is 55.5 Å². The van der Waals surface area contributed by atoms with Crippen molar-refractivity contribution in [1.29, 1.82) is 0 Å². The molecule has 32 heavy (non-hydrogen) atoms. The van der Waals surface area contributed by atoms with Crippen LogP contribution in [0.5, 0.6) is 5.75 Å². The Hall–Kier alpha value is -3.29. The fraction of sp³-hybridized carbons (Fsp3) is 0.250. The number of rotatable bonds is 5. The van der Waals surface area contributed by atoms with Crippen LogP contribution in [0.3, 0.4) is 0 Å². The van der Waals surface area contributed by atoms with Crippen molar-refractivity contribution < 1.29 is 14.3 Å². The van der Waals surface area contributed by atoms with Gasteiger partial charge in [0.05, 0.1) is 25.1 Å². The molecule has 0 aliphatic carbocycles. The van der Waals surface area contributed by atoms with Crippen LogP contribution in [-0.2, 0) is 4.74 Å². The fourth-order valence-electron chi connectivity index (χ4n) is 3.42. The zero-order valence-corrected chi connectivity index (χ0v) is 18.8. The molecule has 0 radical (unpaired) electrons. The highest BCUT2D eigenvalue weighted by Gasteiger charge is 2.13. The predicted octanol–water partition coefficient (Wildman–Crippen LogP) is 4.92. The van der Waals surface area contributed by atoms with Crippen LogP contribution in [0.1, 0.15) is 0 Å². The normalized spacial score (nSPS) is 13.5. The molecule has 1 N–H and O–H groups in total. The molecular weight excluding hydrogens is 428 g/mol. The first kappa shape index (κ1) is 21.9. The Morgan fingerprint density at radius 2 is 1.84 bits per heavy atom. The molecule has 0 saturated carbocycles. The van der Waals surface area contributed by atoms with E-state index in [1.165, 1.54) is 0 Å². The van der Waals surface area contributed by atoms with Gasteiger partial charge in [0.25, 0.3) is 0 Å². The number of halogens is 1. The second-order valence-corrected chi connectivity index (χ2v) is 8.01. The maximum Gasteiger partial charge on any atom is 0.417 e. The summed E-state index contributed by atoms with van der Waals surface area (Å²) in [6.07, 6.45) is 1.02. The minimum atomic E-state index is -0.595. The van der Waals surface area contributed by atoms with Crippen LogP contribution in [0.4, 0.5) is 22.0 Å². The zero-order valence-electron chi connectivity index (χ0n) is 18.0. The van der Waals surface area contributed by atoms with Crippen LogP contribution in [0, 0.1) is 0 Å². The summed E-state index contributed by atoms with van der Waals surface area (Å²) in [7, 11) is 3.97. The third kappa shape index (κ3) is 5.30. The van der Waals surface area contributed by atoms with Crippen molar-refractivity contribution >= 4 is 34.9 Å². The fourth-order valence-corrected chi connectivity index (χ4v) is 3.64. The number of hydrogen-bond donors (Lipinski definition) is 1. The largest absolute Gasteiger partial charge is 0.417 e. The molecule has 0 bridgehead atoms. The maximum atomic E-state index is 12.4. The van der Waals surface area contributed by atoms with E-state index < -0.39 is 6.09 Å². The summed E-state index contributed by atoms with van der Waals surface area (Å²) in [6.45, 7) is 2.99. The molecule has 1 aromatic heterocycles. The molecule has 1 fully saturated rings. The van der Waals surface area contributed by atoms with Gasteiger partial charge < -0.3 is 19.3 Å². The van der Waals surface area contributed by atoms with Crippen LogP contribution < -0.4 is 19.9 Å². The number of hydrogen-bond acceptors (Lipinski definition) is 6. The van der Waals surface area contributed by atoms with Crippen molar-refractivity contribution in [3.8, 4) is 16.9 Å². The molecular formula is C24H25ClN4O3. The number of aromatic nitrogens is 1. The molecule has 4 rings (SSSR count). The molecule has 3 aromatic rings. The smallest absolute Gasteiger partial charge is 0.410 e. The molecule has 2 aromatic carbocycles. The summed E-state index contributed by atoms with van der Waals surface area (Å²) in [4.78, 5) is 21.0. The van der Waals surface area contributed by atoms with Gasteiger partial charge in [0, 0.05) is 43.5 Å². The third-order valence-electron chi connectivity index (χ3n) is 5.17. The molecule has 7 nitrogen and oxygen atoms in total. The van der Waals surface area contributed by atoms with E-state index in [1.54, 1.807) is 30.5 Å². The van der Waals surface area contributed by atoms with E-state index >= 15 is 0 Å². The van der Waals surface area contributed by atoms with Crippen molar-refractivity contribution in [3.05, 3.63) is 65.8 Å². The molecule has 2 heterocycles. The SMILES string of the molecule is CN(C)c1ccc(-c2cc(OC(=O)Nc3ccc(N4CCOCC4)nc3)ccc2Cl)cc1. The van der Waals surface area contributed by atoms with E-state index in [9.17, 15) is 4.79 Å². The van der Waals surface area contributed by atoms with Gasteiger partial charge in [0.15, 0.2) is 0 Å². The highest BCUT2D eigenvalue weighted by Crippen LogP contribution is 2.32.